The Labute approximate surface area is 115 Å². The van der Waals surface area contributed by atoms with Gasteiger partial charge < -0.3 is 19.9 Å². The predicted molar refractivity (Wildman–Crippen MR) is 71.4 cm³/mol. The lowest BCUT2D eigenvalue weighted by Crippen LogP contribution is -2.24. The van der Waals surface area contributed by atoms with E-state index in [4.69, 9.17) is 34.3 Å². The van der Waals surface area contributed by atoms with E-state index in [9.17, 15) is 5.11 Å². The molecule has 1 fully saturated rings. The Balaban J connectivity index is 2.35. The van der Waals surface area contributed by atoms with Gasteiger partial charge in [-0.3, -0.25) is 4.57 Å². The molecule has 3 N–H and O–H groups in total. The average molecular weight is 288 g/mol. The number of hydrogen-bond acceptors (Lipinski definition) is 5. The fraction of sp³-hybridized carbons (Fsp3) is 0.636. The highest BCUT2D eigenvalue weighted by Gasteiger charge is 2.34. The second kappa shape index (κ2) is 5.58. The van der Waals surface area contributed by atoms with E-state index in [1.165, 1.54) is 0 Å². The van der Waals surface area contributed by atoms with Crippen molar-refractivity contribution in [1.29, 1.82) is 0 Å². The molecule has 1 aliphatic heterocycles. The number of ether oxygens (including phenoxy) is 1. The number of hydrogen-bond donors (Lipinski definition) is 3. The molecule has 0 spiro atoms. The van der Waals surface area contributed by atoms with Crippen LogP contribution in [0.25, 0.3) is 0 Å². The normalized spacial score (nSPS) is 27.6. The minimum absolute atomic E-state index is 0.200. The second-order valence-electron chi connectivity index (χ2n) is 4.29. The molecule has 0 bridgehead atoms. The van der Waals surface area contributed by atoms with Crippen LogP contribution in [0.2, 0.25) is 0 Å². The summed E-state index contributed by atoms with van der Waals surface area (Å²) in [5.41, 5.74) is 0.976. The van der Waals surface area contributed by atoms with Crippen LogP contribution in [0.3, 0.4) is 0 Å². The van der Waals surface area contributed by atoms with Gasteiger partial charge in [-0.1, -0.05) is 19.1 Å². The summed E-state index contributed by atoms with van der Waals surface area (Å²) in [5.74, 6) is 0. The highest BCUT2D eigenvalue weighted by molar-refractivity contribution is 7.72. The van der Waals surface area contributed by atoms with Gasteiger partial charge >= 0.3 is 0 Å². The molecule has 0 radical (unpaired) electrons. The van der Waals surface area contributed by atoms with E-state index >= 15 is 0 Å². The van der Waals surface area contributed by atoms with Crippen molar-refractivity contribution in [2.75, 3.05) is 6.61 Å². The standard InChI is InChI=1S/C11H16N2O3S2/c1-2-6-4-13(11(18)12-10(6)17)9-3-7(15)8(5-14)16-9/h4,7-9,14-15H,2-3,5H2,1H3,(H,12,17,18)/t7-,8+,9-/m1/s1. The molecule has 5 nitrogen and oxygen atoms in total. The van der Waals surface area contributed by atoms with Crippen molar-refractivity contribution in [2.45, 2.75) is 38.2 Å². The van der Waals surface area contributed by atoms with Crippen molar-refractivity contribution in [2.24, 2.45) is 0 Å². The number of aliphatic hydroxyl groups is 2. The average Bonchev–Trinajstić information content (AvgIpc) is 2.70. The van der Waals surface area contributed by atoms with Crippen molar-refractivity contribution in [3.8, 4) is 0 Å². The van der Waals surface area contributed by atoms with Crippen molar-refractivity contribution in [3.05, 3.63) is 21.2 Å². The van der Waals surface area contributed by atoms with E-state index < -0.39 is 12.2 Å². The molecule has 0 aliphatic carbocycles. The SMILES string of the molecule is CCc1cn([C@H]2C[C@@H](O)[C@H](CO)O2)c(=S)[nH]c1=S. The van der Waals surface area contributed by atoms with Gasteiger partial charge in [0.15, 0.2) is 4.77 Å². The van der Waals surface area contributed by atoms with Gasteiger partial charge in [-0.2, -0.15) is 0 Å². The fourth-order valence-corrected chi connectivity index (χ4v) is 2.67. The van der Waals surface area contributed by atoms with Crippen LogP contribution in [-0.2, 0) is 11.2 Å². The molecule has 1 aromatic heterocycles. The van der Waals surface area contributed by atoms with Gasteiger partial charge in [0.25, 0.3) is 0 Å². The number of aliphatic hydroxyl groups excluding tert-OH is 2. The first kappa shape index (κ1) is 13.8. The molecular formula is C11H16N2O3S2. The van der Waals surface area contributed by atoms with Crippen LogP contribution < -0.4 is 0 Å². The highest BCUT2D eigenvalue weighted by Crippen LogP contribution is 2.28. The van der Waals surface area contributed by atoms with E-state index in [1.807, 2.05) is 13.1 Å². The van der Waals surface area contributed by atoms with Gasteiger partial charge in [0, 0.05) is 18.2 Å². The first-order valence-electron chi connectivity index (χ1n) is 5.85. The summed E-state index contributed by atoms with van der Waals surface area (Å²) >= 11 is 10.4. The maximum Gasteiger partial charge on any atom is 0.180 e. The lowest BCUT2D eigenvalue weighted by molar-refractivity contribution is -0.0453. The van der Waals surface area contributed by atoms with Gasteiger partial charge in [0.05, 0.1) is 12.7 Å². The summed E-state index contributed by atoms with van der Waals surface area (Å²) in [5, 5.41) is 18.8. The lowest BCUT2D eigenvalue weighted by atomic mass is 10.2. The molecule has 0 saturated carbocycles. The summed E-state index contributed by atoms with van der Waals surface area (Å²) in [6, 6.07) is 0. The van der Waals surface area contributed by atoms with E-state index in [2.05, 4.69) is 4.98 Å². The topological polar surface area (TPSA) is 70.4 Å². The third-order valence-corrected chi connectivity index (χ3v) is 3.79. The van der Waals surface area contributed by atoms with Crippen LogP contribution in [0.5, 0.6) is 0 Å². The first-order chi connectivity index (χ1) is 8.56. The Morgan fingerprint density at radius 2 is 2.28 bits per heavy atom. The number of nitrogens with zero attached hydrogens (tertiary/aromatic N) is 1. The number of aryl methyl sites for hydroxylation is 1. The third kappa shape index (κ3) is 2.55. The van der Waals surface area contributed by atoms with Crippen LogP contribution in [0.4, 0.5) is 0 Å². The fourth-order valence-electron chi connectivity index (χ4n) is 2.04. The summed E-state index contributed by atoms with van der Waals surface area (Å²) in [6.45, 7) is 1.81. The monoisotopic (exact) mass is 288 g/mol. The Morgan fingerprint density at radius 1 is 1.56 bits per heavy atom. The molecule has 2 rings (SSSR count). The Hall–Kier alpha value is -0.600. The molecule has 0 aromatic carbocycles. The van der Waals surface area contributed by atoms with Crippen LogP contribution in [0, 0.1) is 9.41 Å². The Morgan fingerprint density at radius 3 is 2.83 bits per heavy atom. The van der Waals surface area contributed by atoms with Crippen molar-refractivity contribution >= 4 is 24.4 Å². The van der Waals surface area contributed by atoms with Gasteiger partial charge in [-0.05, 0) is 18.6 Å². The minimum Gasteiger partial charge on any atom is -0.394 e. The Kier molecular flexibility index (Phi) is 4.29. The zero-order valence-corrected chi connectivity index (χ0v) is 11.6. The van der Waals surface area contributed by atoms with Crippen molar-refractivity contribution < 1.29 is 14.9 Å². The first-order valence-corrected chi connectivity index (χ1v) is 6.67. The lowest BCUT2D eigenvalue weighted by Gasteiger charge is -2.16. The molecule has 0 unspecified atom stereocenters. The number of aromatic amines is 1. The maximum atomic E-state index is 9.73. The quantitative estimate of drug-likeness (QED) is 0.735. The van der Waals surface area contributed by atoms with E-state index in [0.717, 1.165) is 12.0 Å². The smallest absolute Gasteiger partial charge is 0.180 e. The van der Waals surface area contributed by atoms with Crippen LogP contribution in [0.15, 0.2) is 6.20 Å². The van der Waals surface area contributed by atoms with Crippen LogP contribution in [0.1, 0.15) is 25.1 Å². The maximum absolute atomic E-state index is 9.73. The molecule has 1 saturated heterocycles. The van der Waals surface area contributed by atoms with E-state index in [1.54, 1.807) is 4.57 Å². The summed E-state index contributed by atoms with van der Waals surface area (Å²) in [6.07, 6.45) is 1.48. The molecular weight excluding hydrogens is 272 g/mol. The second-order valence-corrected chi connectivity index (χ2v) is 5.08. The zero-order valence-electron chi connectivity index (χ0n) is 10.00. The van der Waals surface area contributed by atoms with Gasteiger partial charge in [0.1, 0.15) is 17.0 Å². The van der Waals surface area contributed by atoms with Gasteiger partial charge in [0.2, 0.25) is 0 Å². The van der Waals surface area contributed by atoms with Crippen molar-refractivity contribution in [1.82, 2.24) is 9.55 Å². The van der Waals surface area contributed by atoms with Crippen molar-refractivity contribution in [3.63, 3.8) is 0 Å². The van der Waals surface area contributed by atoms with Gasteiger partial charge in [-0.25, -0.2) is 0 Å². The third-order valence-electron chi connectivity index (χ3n) is 3.12. The van der Waals surface area contributed by atoms with E-state index in [-0.39, 0.29) is 12.8 Å². The van der Waals surface area contributed by atoms with Crippen LogP contribution in [-0.4, -0.2) is 38.6 Å². The molecule has 1 aliphatic rings. The molecule has 2 heterocycles. The molecule has 0 amide bonds. The number of aromatic nitrogens is 2. The number of rotatable bonds is 3. The molecule has 100 valence electrons. The Bertz CT molecular complexity index is 540. The zero-order chi connectivity index (χ0) is 13.3. The predicted octanol–water partition coefficient (Wildman–Crippen LogP) is 1.48. The largest absolute Gasteiger partial charge is 0.394 e. The minimum atomic E-state index is -0.671. The molecule has 3 atom stereocenters. The molecule has 18 heavy (non-hydrogen) atoms. The summed E-state index contributed by atoms with van der Waals surface area (Å²) in [7, 11) is 0. The molecule has 1 aromatic rings. The number of nitrogens with one attached hydrogen (secondary N) is 1. The van der Waals surface area contributed by atoms with E-state index in [0.29, 0.717) is 15.8 Å². The number of H-pyrrole nitrogens is 1. The summed E-state index contributed by atoms with van der Waals surface area (Å²) in [4.78, 5) is 2.95. The molecule has 7 heteroatoms. The van der Waals surface area contributed by atoms with Crippen LogP contribution >= 0.6 is 24.4 Å². The van der Waals surface area contributed by atoms with Gasteiger partial charge in [-0.15, -0.1) is 0 Å². The summed E-state index contributed by atoms with van der Waals surface area (Å²) < 4.78 is 8.43. The highest BCUT2D eigenvalue weighted by atomic mass is 32.1.